The molecule has 0 saturated carbocycles. The standard InChI is InChI=1S/C13H12ClO2P/c1-17(14,15-12-8-4-2-5-9-12)16-13-10-6-3-7-11-13/h2-11H,1H2. The van der Waals surface area contributed by atoms with Crippen LogP contribution < -0.4 is 9.05 Å². The predicted octanol–water partition coefficient (Wildman–Crippen LogP) is 4.58. The minimum absolute atomic E-state index is 0.654. The van der Waals surface area contributed by atoms with Gasteiger partial charge in [-0.2, -0.15) is 0 Å². The summed E-state index contributed by atoms with van der Waals surface area (Å²) in [5, 5.41) is 0. The summed E-state index contributed by atoms with van der Waals surface area (Å²) >= 11 is 6.16. The average molecular weight is 267 g/mol. The van der Waals surface area contributed by atoms with Crippen LogP contribution in [0.1, 0.15) is 0 Å². The molecular weight excluding hydrogens is 255 g/mol. The molecular formula is C13H12ClO2P. The van der Waals surface area contributed by atoms with Crippen molar-refractivity contribution in [1.82, 2.24) is 0 Å². The lowest BCUT2D eigenvalue weighted by Gasteiger charge is -2.19. The number of rotatable bonds is 4. The van der Waals surface area contributed by atoms with Gasteiger partial charge in [0.1, 0.15) is 11.5 Å². The number of para-hydroxylation sites is 2. The quantitative estimate of drug-likeness (QED) is 0.754. The molecule has 0 spiro atoms. The first-order valence-electron chi connectivity index (χ1n) is 5.08. The molecule has 2 aromatic carbocycles. The molecule has 0 fully saturated rings. The third-order valence-corrected chi connectivity index (χ3v) is 3.35. The van der Waals surface area contributed by atoms with Crippen LogP contribution in [0.15, 0.2) is 60.7 Å². The first-order chi connectivity index (χ1) is 8.16. The molecule has 0 aromatic heterocycles. The van der Waals surface area contributed by atoms with Gasteiger partial charge in [0.05, 0.1) is 0 Å². The number of benzene rings is 2. The zero-order chi connectivity index (χ0) is 12.1. The summed E-state index contributed by atoms with van der Waals surface area (Å²) in [5.41, 5.74) is 0. The van der Waals surface area contributed by atoms with Crippen LogP contribution in [-0.4, -0.2) is 6.30 Å². The van der Waals surface area contributed by atoms with Crippen LogP contribution in [0.5, 0.6) is 11.5 Å². The molecule has 0 N–H and O–H groups in total. The molecule has 0 saturated heterocycles. The van der Waals surface area contributed by atoms with Gasteiger partial charge in [-0.25, -0.2) is 0 Å². The molecule has 2 aromatic rings. The van der Waals surface area contributed by atoms with Crippen molar-refractivity contribution in [2.75, 3.05) is 0 Å². The minimum Gasteiger partial charge on any atom is -0.433 e. The molecule has 0 amide bonds. The summed E-state index contributed by atoms with van der Waals surface area (Å²) < 4.78 is 11.1. The highest BCUT2D eigenvalue weighted by Crippen LogP contribution is 2.52. The van der Waals surface area contributed by atoms with Gasteiger partial charge in [0.2, 0.25) is 0 Å². The third kappa shape index (κ3) is 3.85. The second kappa shape index (κ2) is 5.31. The first-order valence-corrected chi connectivity index (χ1v) is 7.80. The fourth-order valence-corrected chi connectivity index (χ4v) is 2.68. The Morgan fingerprint density at radius 1 is 0.765 bits per heavy atom. The molecule has 17 heavy (non-hydrogen) atoms. The van der Waals surface area contributed by atoms with E-state index < -0.39 is 6.69 Å². The molecule has 0 aliphatic rings. The Bertz CT molecular complexity index is 468. The lowest BCUT2D eigenvalue weighted by Crippen LogP contribution is -1.95. The van der Waals surface area contributed by atoms with E-state index in [1.54, 1.807) is 0 Å². The Kier molecular flexibility index (Phi) is 3.78. The molecule has 2 nitrogen and oxygen atoms in total. The first kappa shape index (κ1) is 12.1. The van der Waals surface area contributed by atoms with E-state index in [9.17, 15) is 0 Å². The molecule has 2 rings (SSSR count). The molecule has 0 radical (unpaired) electrons. The van der Waals surface area contributed by atoms with Crippen LogP contribution in [0.3, 0.4) is 0 Å². The Labute approximate surface area is 106 Å². The van der Waals surface area contributed by atoms with Crippen molar-refractivity contribution in [2.24, 2.45) is 0 Å². The van der Waals surface area contributed by atoms with E-state index in [2.05, 4.69) is 6.30 Å². The summed E-state index contributed by atoms with van der Waals surface area (Å²) in [7, 11) is 0. The lowest BCUT2D eigenvalue weighted by atomic mass is 10.3. The van der Waals surface area contributed by atoms with Gasteiger partial charge in [0, 0.05) is 0 Å². The normalized spacial score (nSPS) is 10.9. The lowest BCUT2D eigenvalue weighted by molar-refractivity contribution is 0.503. The zero-order valence-electron chi connectivity index (χ0n) is 9.12. The van der Waals surface area contributed by atoms with Crippen LogP contribution in [0.2, 0.25) is 0 Å². The van der Waals surface area contributed by atoms with Gasteiger partial charge in [-0.15, -0.1) is 0 Å². The van der Waals surface area contributed by atoms with E-state index in [-0.39, 0.29) is 0 Å². The van der Waals surface area contributed by atoms with Crippen LogP contribution >= 0.6 is 17.9 Å². The van der Waals surface area contributed by atoms with Gasteiger partial charge in [-0.05, 0) is 41.8 Å². The summed E-state index contributed by atoms with van der Waals surface area (Å²) in [6, 6.07) is 18.6. The SMILES string of the molecule is C=P(Cl)(Oc1ccccc1)Oc1ccccc1. The fraction of sp³-hybridized carbons (Fsp3) is 0. The van der Waals surface area contributed by atoms with Crippen molar-refractivity contribution in [3.8, 4) is 11.5 Å². The maximum atomic E-state index is 6.16. The second-order valence-electron chi connectivity index (χ2n) is 3.40. The molecule has 0 unspecified atom stereocenters. The van der Waals surface area contributed by atoms with Crippen molar-refractivity contribution in [3.05, 3.63) is 60.7 Å². The molecule has 88 valence electrons. The van der Waals surface area contributed by atoms with Crippen LogP contribution in [-0.2, 0) is 0 Å². The number of hydrogen-bond acceptors (Lipinski definition) is 2. The second-order valence-corrected chi connectivity index (χ2v) is 6.49. The highest BCUT2D eigenvalue weighted by Gasteiger charge is 2.15. The van der Waals surface area contributed by atoms with E-state index in [4.69, 9.17) is 20.3 Å². The predicted molar refractivity (Wildman–Crippen MR) is 74.0 cm³/mol. The van der Waals surface area contributed by atoms with E-state index in [1.807, 2.05) is 60.7 Å². The molecule has 0 atom stereocenters. The van der Waals surface area contributed by atoms with Crippen LogP contribution in [0.4, 0.5) is 0 Å². The van der Waals surface area contributed by atoms with Crippen LogP contribution in [0.25, 0.3) is 0 Å². The monoisotopic (exact) mass is 266 g/mol. The summed E-state index contributed by atoms with van der Waals surface area (Å²) in [5.74, 6) is 1.31. The van der Waals surface area contributed by atoms with Gasteiger partial charge in [0.25, 0.3) is 0 Å². The molecule has 4 heteroatoms. The Hall–Kier alpha value is -1.37. The van der Waals surface area contributed by atoms with Crippen molar-refractivity contribution in [2.45, 2.75) is 0 Å². The van der Waals surface area contributed by atoms with Crippen molar-refractivity contribution in [3.63, 3.8) is 0 Å². The highest BCUT2D eigenvalue weighted by molar-refractivity contribution is 7.89. The Morgan fingerprint density at radius 2 is 1.12 bits per heavy atom. The third-order valence-electron chi connectivity index (χ3n) is 1.97. The van der Waals surface area contributed by atoms with E-state index >= 15 is 0 Å². The molecule has 0 aliphatic carbocycles. The zero-order valence-corrected chi connectivity index (χ0v) is 10.8. The van der Waals surface area contributed by atoms with Crippen molar-refractivity contribution in [1.29, 1.82) is 0 Å². The maximum Gasteiger partial charge on any atom is 0.308 e. The Morgan fingerprint density at radius 3 is 1.47 bits per heavy atom. The molecule has 0 heterocycles. The largest absolute Gasteiger partial charge is 0.433 e. The topological polar surface area (TPSA) is 18.5 Å². The van der Waals surface area contributed by atoms with E-state index in [0.29, 0.717) is 11.5 Å². The number of hydrogen-bond donors (Lipinski definition) is 0. The smallest absolute Gasteiger partial charge is 0.308 e. The molecule has 0 bridgehead atoms. The van der Waals surface area contributed by atoms with Gasteiger partial charge >= 0.3 is 6.69 Å². The number of halogens is 1. The van der Waals surface area contributed by atoms with Gasteiger partial charge in [-0.1, -0.05) is 36.4 Å². The van der Waals surface area contributed by atoms with Crippen molar-refractivity contribution < 1.29 is 9.05 Å². The minimum atomic E-state index is -2.66. The summed E-state index contributed by atoms with van der Waals surface area (Å²) in [6.45, 7) is -2.66. The van der Waals surface area contributed by atoms with Gasteiger partial charge in [-0.3, -0.25) is 0 Å². The Balaban J connectivity index is 2.07. The van der Waals surface area contributed by atoms with Gasteiger partial charge < -0.3 is 9.05 Å². The van der Waals surface area contributed by atoms with Gasteiger partial charge in [0.15, 0.2) is 0 Å². The van der Waals surface area contributed by atoms with E-state index in [1.165, 1.54) is 0 Å². The summed E-state index contributed by atoms with van der Waals surface area (Å²) in [4.78, 5) is 0. The highest BCUT2D eigenvalue weighted by atomic mass is 35.7. The average Bonchev–Trinajstić information content (AvgIpc) is 2.30. The maximum absolute atomic E-state index is 6.16. The fourth-order valence-electron chi connectivity index (χ4n) is 1.30. The van der Waals surface area contributed by atoms with Crippen LogP contribution in [0, 0.1) is 0 Å². The summed E-state index contributed by atoms with van der Waals surface area (Å²) in [6.07, 6.45) is 3.79. The van der Waals surface area contributed by atoms with E-state index in [0.717, 1.165) is 0 Å². The van der Waals surface area contributed by atoms with Crippen molar-refractivity contribution >= 4 is 24.2 Å². The molecule has 0 aliphatic heterocycles.